The van der Waals surface area contributed by atoms with Crippen LogP contribution in [0, 0.1) is 5.92 Å². The zero-order valence-corrected chi connectivity index (χ0v) is 19.9. The molecular formula is C30H28N2O4. The molecule has 5 rings (SSSR count). The van der Waals surface area contributed by atoms with Crippen LogP contribution in [0.2, 0.25) is 0 Å². The largest absolute Gasteiger partial charge is 0.473 e. The van der Waals surface area contributed by atoms with Gasteiger partial charge in [0.05, 0.1) is 5.92 Å². The van der Waals surface area contributed by atoms with Crippen molar-refractivity contribution in [3.63, 3.8) is 0 Å². The molecule has 0 radical (unpaired) electrons. The molecule has 36 heavy (non-hydrogen) atoms. The molecule has 1 atom stereocenters. The van der Waals surface area contributed by atoms with E-state index in [4.69, 9.17) is 14.2 Å². The second kappa shape index (κ2) is 11.5. The highest BCUT2D eigenvalue weighted by molar-refractivity contribution is 5.76. The summed E-state index contributed by atoms with van der Waals surface area (Å²) in [7, 11) is 0. The maximum Gasteiger partial charge on any atom is 0.315 e. The Bertz CT molecular complexity index is 1270. The van der Waals surface area contributed by atoms with E-state index in [-0.39, 0.29) is 11.9 Å². The minimum atomic E-state index is -0.193. The van der Waals surface area contributed by atoms with Gasteiger partial charge in [-0.2, -0.15) is 4.98 Å². The normalized spacial score (nSPS) is 14.8. The van der Waals surface area contributed by atoms with Gasteiger partial charge in [0.2, 0.25) is 11.8 Å². The van der Waals surface area contributed by atoms with Gasteiger partial charge in [0.25, 0.3) is 0 Å². The summed E-state index contributed by atoms with van der Waals surface area (Å²) in [5.74, 6) is 1.21. The Morgan fingerprint density at radius 3 is 2.11 bits per heavy atom. The van der Waals surface area contributed by atoms with Crippen molar-refractivity contribution in [2.45, 2.75) is 19.6 Å². The van der Waals surface area contributed by atoms with Crippen molar-refractivity contribution in [3.05, 3.63) is 108 Å². The number of nitrogens with zero attached hydrogens (tertiary/aromatic N) is 1. The first-order valence-corrected chi connectivity index (χ1v) is 12.1. The Kier molecular flexibility index (Phi) is 7.54. The Morgan fingerprint density at radius 1 is 0.806 bits per heavy atom. The van der Waals surface area contributed by atoms with Crippen molar-refractivity contribution in [3.8, 4) is 28.6 Å². The first kappa shape index (κ1) is 23.6. The molecule has 0 amide bonds. The van der Waals surface area contributed by atoms with Crippen molar-refractivity contribution in [2.75, 3.05) is 13.1 Å². The van der Waals surface area contributed by atoms with Gasteiger partial charge in [-0.1, -0.05) is 72.8 Å². The van der Waals surface area contributed by atoms with Crippen LogP contribution in [0.3, 0.4) is 0 Å². The monoisotopic (exact) mass is 480 g/mol. The number of ether oxygens (including phenoxy) is 3. The fourth-order valence-corrected chi connectivity index (χ4v) is 4.05. The number of hydrogen-bond donors (Lipinski definition) is 1. The Balaban J connectivity index is 1.34. The molecule has 1 fully saturated rings. The van der Waals surface area contributed by atoms with E-state index in [9.17, 15) is 4.79 Å². The van der Waals surface area contributed by atoms with Crippen LogP contribution in [0.25, 0.3) is 11.1 Å². The van der Waals surface area contributed by atoms with Gasteiger partial charge in [0, 0.05) is 18.2 Å². The molecule has 1 aliphatic rings. The summed E-state index contributed by atoms with van der Waals surface area (Å²) in [5, 5.41) is 3.19. The molecule has 1 aromatic heterocycles. The summed E-state index contributed by atoms with van der Waals surface area (Å²) in [4.78, 5) is 17.0. The number of esters is 1. The minimum absolute atomic E-state index is 0.0877. The number of aromatic nitrogens is 1. The number of rotatable bonds is 9. The van der Waals surface area contributed by atoms with E-state index >= 15 is 0 Å². The number of nitrogens with one attached hydrogen (secondary N) is 1. The van der Waals surface area contributed by atoms with Crippen LogP contribution in [0.5, 0.6) is 17.5 Å². The number of carbonyl (C=O) groups is 1. The third-order valence-electron chi connectivity index (χ3n) is 6.06. The average Bonchev–Trinajstić information content (AvgIpc) is 3.48. The maximum absolute atomic E-state index is 12.3. The summed E-state index contributed by atoms with van der Waals surface area (Å²) in [6, 6.07) is 31.1. The van der Waals surface area contributed by atoms with Crippen LogP contribution < -0.4 is 19.5 Å². The first-order chi connectivity index (χ1) is 17.7. The molecule has 182 valence electrons. The predicted molar refractivity (Wildman–Crippen MR) is 138 cm³/mol. The Morgan fingerprint density at radius 2 is 1.47 bits per heavy atom. The van der Waals surface area contributed by atoms with Gasteiger partial charge in [-0.25, -0.2) is 0 Å². The highest BCUT2D eigenvalue weighted by Crippen LogP contribution is 2.32. The fraction of sp³-hybridized carbons (Fsp3) is 0.200. The molecule has 0 bridgehead atoms. The number of pyridine rings is 1. The minimum Gasteiger partial charge on any atom is -0.473 e. The molecule has 0 unspecified atom stereocenters. The number of hydrogen-bond acceptors (Lipinski definition) is 6. The van der Waals surface area contributed by atoms with Gasteiger partial charge in [0.15, 0.2) is 0 Å². The molecule has 2 heterocycles. The highest BCUT2D eigenvalue weighted by atomic mass is 16.5. The molecule has 1 N–H and O–H groups in total. The molecule has 6 heteroatoms. The summed E-state index contributed by atoms with van der Waals surface area (Å²) >= 11 is 0. The molecule has 6 nitrogen and oxygen atoms in total. The van der Waals surface area contributed by atoms with Crippen LogP contribution in [0.4, 0.5) is 0 Å². The lowest BCUT2D eigenvalue weighted by Gasteiger charge is -2.14. The van der Waals surface area contributed by atoms with Gasteiger partial charge in [0.1, 0.15) is 19.0 Å². The third-order valence-corrected chi connectivity index (χ3v) is 6.06. The quantitative estimate of drug-likeness (QED) is 0.255. The molecule has 4 aromatic rings. The lowest BCUT2D eigenvalue weighted by Crippen LogP contribution is -2.22. The zero-order valence-electron chi connectivity index (χ0n) is 19.9. The lowest BCUT2D eigenvalue weighted by molar-refractivity contribution is -0.138. The molecule has 1 saturated heterocycles. The van der Waals surface area contributed by atoms with Gasteiger partial charge in [-0.15, -0.1) is 0 Å². The van der Waals surface area contributed by atoms with Crippen molar-refractivity contribution in [1.82, 2.24) is 10.3 Å². The van der Waals surface area contributed by atoms with Gasteiger partial charge in [-0.05, 0) is 47.9 Å². The van der Waals surface area contributed by atoms with Crippen LogP contribution in [-0.4, -0.2) is 24.0 Å². The van der Waals surface area contributed by atoms with Crippen LogP contribution in [0.1, 0.15) is 17.5 Å². The summed E-state index contributed by atoms with van der Waals surface area (Å²) in [5.41, 5.74) is 3.84. The smallest absolute Gasteiger partial charge is 0.315 e. The summed E-state index contributed by atoms with van der Waals surface area (Å²) in [6.45, 7) is 2.32. The SMILES string of the molecule is O=C(Oc1ccc(-c2ccc(OCc3ccccc3)nc2OCc2ccccc2)cc1)[C@@H]1CCNC1. The lowest BCUT2D eigenvalue weighted by atomic mass is 10.1. The van der Waals surface area contributed by atoms with E-state index < -0.39 is 0 Å². The molecule has 0 aliphatic carbocycles. The van der Waals surface area contributed by atoms with Crippen molar-refractivity contribution in [2.24, 2.45) is 5.92 Å². The highest BCUT2D eigenvalue weighted by Gasteiger charge is 2.24. The second-order valence-corrected chi connectivity index (χ2v) is 8.69. The van der Waals surface area contributed by atoms with E-state index in [1.165, 1.54) is 0 Å². The fourth-order valence-electron chi connectivity index (χ4n) is 4.05. The first-order valence-electron chi connectivity index (χ1n) is 12.1. The second-order valence-electron chi connectivity index (χ2n) is 8.69. The van der Waals surface area contributed by atoms with Crippen molar-refractivity contribution < 1.29 is 19.0 Å². The summed E-state index contributed by atoms with van der Waals surface area (Å²) in [6.07, 6.45) is 0.809. The Hall–Kier alpha value is -4.16. The van der Waals surface area contributed by atoms with E-state index in [1.807, 2.05) is 84.9 Å². The molecular weight excluding hydrogens is 452 g/mol. The van der Waals surface area contributed by atoms with Gasteiger partial charge >= 0.3 is 5.97 Å². The average molecular weight is 481 g/mol. The third kappa shape index (κ3) is 6.09. The maximum atomic E-state index is 12.3. The molecule has 1 aliphatic heterocycles. The zero-order chi connectivity index (χ0) is 24.6. The topological polar surface area (TPSA) is 69.7 Å². The van der Waals surface area contributed by atoms with E-state index in [1.54, 1.807) is 12.1 Å². The predicted octanol–water partition coefficient (Wildman–Crippen LogP) is 5.42. The van der Waals surface area contributed by atoms with E-state index in [0.717, 1.165) is 35.2 Å². The molecule has 3 aromatic carbocycles. The van der Waals surface area contributed by atoms with E-state index in [2.05, 4.69) is 10.3 Å². The van der Waals surface area contributed by atoms with Crippen LogP contribution in [-0.2, 0) is 18.0 Å². The van der Waals surface area contributed by atoms with Crippen LogP contribution in [0.15, 0.2) is 97.1 Å². The van der Waals surface area contributed by atoms with Gasteiger partial charge < -0.3 is 19.5 Å². The van der Waals surface area contributed by atoms with E-state index in [0.29, 0.717) is 37.3 Å². The van der Waals surface area contributed by atoms with Crippen LogP contribution >= 0.6 is 0 Å². The van der Waals surface area contributed by atoms with Crippen molar-refractivity contribution >= 4 is 5.97 Å². The number of benzene rings is 3. The van der Waals surface area contributed by atoms with Gasteiger partial charge in [-0.3, -0.25) is 4.79 Å². The molecule has 0 saturated carbocycles. The Labute approximate surface area is 210 Å². The standard InChI is InChI=1S/C30H28N2O4/c33-30(25-17-18-31-19-25)36-26-13-11-24(12-14-26)27-15-16-28(34-20-22-7-3-1-4-8-22)32-29(27)35-21-23-9-5-2-6-10-23/h1-16,25,31H,17-21H2/t25-/m1/s1. The molecule has 0 spiro atoms. The summed E-state index contributed by atoms with van der Waals surface area (Å²) < 4.78 is 17.7. The number of carbonyl (C=O) groups excluding carboxylic acids is 1. The van der Waals surface area contributed by atoms with Crippen molar-refractivity contribution in [1.29, 1.82) is 0 Å².